The van der Waals surface area contributed by atoms with Gasteiger partial charge in [0.25, 0.3) is 11.8 Å². The van der Waals surface area contributed by atoms with Gasteiger partial charge in [-0.05, 0) is 49.6 Å². The first-order valence-corrected chi connectivity index (χ1v) is 10.8. The number of carbonyl (C=O) groups excluding carboxylic acids is 2. The van der Waals surface area contributed by atoms with E-state index in [1.54, 1.807) is 34.1 Å². The first-order chi connectivity index (χ1) is 15.1. The highest BCUT2D eigenvalue weighted by molar-refractivity contribution is 5.95. The summed E-state index contributed by atoms with van der Waals surface area (Å²) in [5, 5.41) is 0. The van der Waals surface area contributed by atoms with Crippen molar-refractivity contribution < 1.29 is 23.5 Å². The number of halogens is 1. The van der Waals surface area contributed by atoms with Gasteiger partial charge in [0.1, 0.15) is 18.2 Å². The fourth-order valence-electron chi connectivity index (χ4n) is 4.00. The van der Waals surface area contributed by atoms with E-state index in [0.717, 1.165) is 19.4 Å². The van der Waals surface area contributed by atoms with E-state index in [4.69, 9.17) is 9.47 Å². The lowest BCUT2D eigenvalue weighted by molar-refractivity contribution is 0.0676. The van der Waals surface area contributed by atoms with Crippen LogP contribution in [0.15, 0.2) is 48.5 Å². The molecule has 2 amide bonds. The minimum atomic E-state index is -0.524. The van der Waals surface area contributed by atoms with Crippen LogP contribution >= 0.6 is 0 Å². The van der Waals surface area contributed by atoms with Gasteiger partial charge in [-0.1, -0.05) is 18.2 Å². The van der Waals surface area contributed by atoms with Gasteiger partial charge in [0.05, 0.1) is 11.7 Å². The summed E-state index contributed by atoms with van der Waals surface area (Å²) in [7, 11) is 0. The van der Waals surface area contributed by atoms with Crippen LogP contribution in [0.4, 0.5) is 4.39 Å². The highest BCUT2D eigenvalue weighted by atomic mass is 19.1. The fourth-order valence-corrected chi connectivity index (χ4v) is 4.00. The van der Waals surface area contributed by atoms with Crippen LogP contribution in [0.5, 0.6) is 5.75 Å². The highest BCUT2D eigenvalue weighted by Gasteiger charge is 2.25. The first kappa shape index (κ1) is 21.3. The Morgan fingerprint density at radius 1 is 0.968 bits per heavy atom. The summed E-state index contributed by atoms with van der Waals surface area (Å²) >= 11 is 0. The summed E-state index contributed by atoms with van der Waals surface area (Å²) in [6.45, 7) is 3.06. The van der Waals surface area contributed by atoms with E-state index in [2.05, 4.69) is 0 Å². The third kappa shape index (κ3) is 5.22. The Labute approximate surface area is 181 Å². The van der Waals surface area contributed by atoms with Crippen molar-refractivity contribution in [3.05, 3.63) is 65.5 Å². The predicted molar refractivity (Wildman–Crippen MR) is 114 cm³/mol. The number of nitrogens with zero attached hydrogens (tertiary/aromatic N) is 2. The second-order valence-electron chi connectivity index (χ2n) is 7.89. The molecule has 0 aromatic heterocycles. The Hall–Kier alpha value is -2.93. The normalized spacial score (nSPS) is 19.2. The number of amides is 2. The Morgan fingerprint density at radius 2 is 1.74 bits per heavy atom. The van der Waals surface area contributed by atoms with Crippen molar-refractivity contribution in [3.63, 3.8) is 0 Å². The largest absolute Gasteiger partial charge is 0.491 e. The Bertz CT molecular complexity index is 929. The zero-order valence-corrected chi connectivity index (χ0v) is 17.5. The Kier molecular flexibility index (Phi) is 6.82. The maximum Gasteiger partial charge on any atom is 0.256 e. The second-order valence-corrected chi connectivity index (χ2v) is 7.89. The van der Waals surface area contributed by atoms with Crippen LogP contribution in [0.25, 0.3) is 0 Å². The lowest BCUT2D eigenvalue weighted by Crippen LogP contribution is -2.37. The van der Waals surface area contributed by atoms with E-state index in [1.165, 1.54) is 12.1 Å². The van der Waals surface area contributed by atoms with Crippen molar-refractivity contribution in [2.75, 3.05) is 39.4 Å². The summed E-state index contributed by atoms with van der Waals surface area (Å²) in [5.41, 5.74) is 0.622. The molecule has 0 N–H and O–H groups in total. The van der Waals surface area contributed by atoms with E-state index in [0.29, 0.717) is 50.5 Å². The molecule has 4 rings (SSSR count). The van der Waals surface area contributed by atoms with Gasteiger partial charge in [-0.25, -0.2) is 4.39 Å². The molecule has 0 aliphatic carbocycles. The molecule has 0 saturated carbocycles. The van der Waals surface area contributed by atoms with Crippen molar-refractivity contribution >= 4 is 11.8 Å². The molecule has 2 aliphatic rings. The zero-order valence-electron chi connectivity index (χ0n) is 17.5. The van der Waals surface area contributed by atoms with Gasteiger partial charge < -0.3 is 19.3 Å². The van der Waals surface area contributed by atoms with E-state index in [9.17, 15) is 14.0 Å². The van der Waals surface area contributed by atoms with Crippen LogP contribution in [-0.4, -0.2) is 67.1 Å². The van der Waals surface area contributed by atoms with Crippen molar-refractivity contribution in [1.82, 2.24) is 9.80 Å². The van der Waals surface area contributed by atoms with E-state index in [1.807, 2.05) is 12.1 Å². The molecule has 0 spiro atoms. The molecule has 2 fully saturated rings. The Balaban J connectivity index is 1.36. The molecule has 1 unspecified atom stereocenters. The molecular formula is C24H27FN2O4. The predicted octanol–water partition coefficient (Wildman–Crippen LogP) is 3.37. The number of benzene rings is 2. The van der Waals surface area contributed by atoms with E-state index < -0.39 is 5.82 Å². The maximum absolute atomic E-state index is 14.0. The summed E-state index contributed by atoms with van der Waals surface area (Å²) in [6.07, 6.45) is 2.80. The van der Waals surface area contributed by atoms with Gasteiger partial charge in [-0.3, -0.25) is 9.59 Å². The lowest BCUT2D eigenvalue weighted by atomic mass is 10.2. The van der Waals surface area contributed by atoms with Crippen LogP contribution < -0.4 is 4.74 Å². The Morgan fingerprint density at radius 3 is 2.48 bits per heavy atom. The fraction of sp³-hybridized carbons (Fsp3) is 0.417. The minimum Gasteiger partial charge on any atom is -0.491 e. The maximum atomic E-state index is 14.0. The van der Waals surface area contributed by atoms with E-state index in [-0.39, 0.29) is 23.5 Å². The molecule has 7 heteroatoms. The molecule has 164 valence electrons. The first-order valence-electron chi connectivity index (χ1n) is 10.8. The summed E-state index contributed by atoms with van der Waals surface area (Å²) < 4.78 is 25.4. The molecule has 1 atom stereocenters. The smallest absolute Gasteiger partial charge is 0.256 e. The number of hydrogen-bond donors (Lipinski definition) is 0. The molecule has 6 nitrogen and oxygen atoms in total. The average molecular weight is 426 g/mol. The number of carbonyl (C=O) groups is 2. The molecule has 31 heavy (non-hydrogen) atoms. The van der Waals surface area contributed by atoms with Gasteiger partial charge in [-0.2, -0.15) is 0 Å². The molecule has 2 saturated heterocycles. The quantitative estimate of drug-likeness (QED) is 0.736. The van der Waals surface area contributed by atoms with Gasteiger partial charge in [0.2, 0.25) is 0 Å². The number of ether oxygens (including phenoxy) is 2. The number of hydrogen-bond acceptors (Lipinski definition) is 4. The molecular weight excluding hydrogens is 399 g/mol. The van der Waals surface area contributed by atoms with Gasteiger partial charge >= 0.3 is 0 Å². The van der Waals surface area contributed by atoms with E-state index >= 15 is 0 Å². The number of rotatable bonds is 5. The van der Waals surface area contributed by atoms with Crippen LogP contribution in [-0.2, 0) is 4.74 Å². The average Bonchev–Trinajstić information content (AvgIpc) is 3.20. The monoisotopic (exact) mass is 426 g/mol. The van der Waals surface area contributed by atoms with Gasteiger partial charge in [-0.15, -0.1) is 0 Å². The molecule has 2 heterocycles. The minimum absolute atomic E-state index is 0.0679. The van der Waals surface area contributed by atoms with Crippen LogP contribution in [0.1, 0.15) is 40.0 Å². The van der Waals surface area contributed by atoms with Crippen LogP contribution in [0, 0.1) is 5.82 Å². The van der Waals surface area contributed by atoms with Crippen molar-refractivity contribution in [2.45, 2.75) is 25.4 Å². The van der Waals surface area contributed by atoms with Crippen LogP contribution in [0.2, 0.25) is 0 Å². The van der Waals surface area contributed by atoms with Crippen molar-refractivity contribution in [2.24, 2.45) is 0 Å². The third-order valence-corrected chi connectivity index (χ3v) is 5.72. The molecule has 2 aliphatic heterocycles. The summed E-state index contributed by atoms with van der Waals surface area (Å²) in [5.74, 6) is -0.309. The van der Waals surface area contributed by atoms with Crippen molar-refractivity contribution in [1.29, 1.82) is 0 Å². The summed E-state index contributed by atoms with van der Waals surface area (Å²) in [6, 6.07) is 13.2. The van der Waals surface area contributed by atoms with Gasteiger partial charge in [0, 0.05) is 38.3 Å². The third-order valence-electron chi connectivity index (χ3n) is 5.72. The van der Waals surface area contributed by atoms with Gasteiger partial charge in [0.15, 0.2) is 0 Å². The molecule has 0 radical (unpaired) electrons. The molecule has 2 aromatic carbocycles. The summed E-state index contributed by atoms with van der Waals surface area (Å²) in [4.78, 5) is 29.1. The second kappa shape index (κ2) is 9.92. The molecule has 0 bridgehead atoms. The lowest BCUT2D eigenvalue weighted by Gasteiger charge is -2.22. The highest BCUT2D eigenvalue weighted by Crippen LogP contribution is 2.19. The molecule has 2 aromatic rings. The van der Waals surface area contributed by atoms with Crippen molar-refractivity contribution in [3.8, 4) is 5.75 Å². The zero-order chi connectivity index (χ0) is 21.6. The topological polar surface area (TPSA) is 59.1 Å². The van der Waals surface area contributed by atoms with Crippen LogP contribution in [0.3, 0.4) is 0 Å². The standard InChI is InChI=1S/C24H27FN2O4/c25-22-10-2-1-9-21(22)24(29)27-12-5-11-26(13-14-27)23(28)18-6-3-7-19(16-18)31-17-20-8-4-15-30-20/h1-3,6-7,9-10,16,20H,4-5,8,11-15,17H2. The SMILES string of the molecule is O=C(c1cccc(OCC2CCCO2)c1)N1CCCN(C(=O)c2ccccc2F)CC1.